The number of hydrogen-bond acceptors (Lipinski definition) is 3. The van der Waals surface area contributed by atoms with Crippen molar-refractivity contribution in [2.45, 2.75) is 22.8 Å². The van der Waals surface area contributed by atoms with Crippen LogP contribution in [0.4, 0.5) is 0 Å². The molecule has 142 valence electrons. The molecule has 1 heterocycles. The van der Waals surface area contributed by atoms with E-state index in [2.05, 4.69) is 24.3 Å². The third-order valence-corrected chi connectivity index (χ3v) is 7.90. The van der Waals surface area contributed by atoms with Gasteiger partial charge in [0, 0.05) is 22.4 Å². The Bertz CT molecular complexity index is 1080. The lowest BCUT2D eigenvalue weighted by molar-refractivity contribution is 0.432. The van der Waals surface area contributed by atoms with Crippen molar-refractivity contribution in [2.24, 2.45) is 0 Å². The summed E-state index contributed by atoms with van der Waals surface area (Å²) in [5, 5.41) is 0. The van der Waals surface area contributed by atoms with Crippen LogP contribution in [0.3, 0.4) is 0 Å². The van der Waals surface area contributed by atoms with Crippen molar-refractivity contribution in [3.63, 3.8) is 0 Å². The van der Waals surface area contributed by atoms with Gasteiger partial charge in [-0.1, -0.05) is 78.5 Å². The van der Waals surface area contributed by atoms with Crippen LogP contribution >= 0.6 is 11.8 Å². The molecular formula is C23H21NO2S2. The Balaban J connectivity index is 1.75. The van der Waals surface area contributed by atoms with E-state index >= 15 is 0 Å². The molecule has 3 nitrogen and oxygen atoms in total. The molecule has 0 aliphatic carbocycles. The fourth-order valence-corrected chi connectivity index (χ4v) is 6.35. The van der Waals surface area contributed by atoms with Gasteiger partial charge in [-0.15, -0.1) is 0 Å². The molecule has 0 amide bonds. The zero-order valence-corrected chi connectivity index (χ0v) is 17.2. The van der Waals surface area contributed by atoms with Crippen molar-refractivity contribution in [3.8, 4) is 0 Å². The molecule has 1 aliphatic rings. The molecule has 28 heavy (non-hydrogen) atoms. The summed E-state index contributed by atoms with van der Waals surface area (Å²) in [6, 6.07) is 28.6. The molecule has 0 fully saturated rings. The van der Waals surface area contributed by atoms with Crippen molar-refractivity contribution in [1.82, 2.24) is 4.31 Å². The highest BCUT2D eigenvalue weighted by atomic mass is 32.2. The Kier molecular flexibility index (Phi) is 5.40. The van der Waals surface area contributed by atoms with Crippen LogP contribution in [0, 0.1) is 0 Å². The molecule has 3 aromatic carbocycles. The number of thioether (sulfide) groups is 1. The van der Waals surface area contributed by atoms with E-state index in [-0.39, 0.29) is 6.04 Å². The number of hydrogen-bond donors (Lipinski definition) is 0. The van der Waals surface area contributed by atoms with Gasteiger partial charge in [0.25, 0.3) is 0 Å². The maximum absolute atomic E-state index is 13.3. The van der Waals surface area contributed by atoms with Crippen molar-refractivity contribution in [1.29, 1.82) is 0 Å². The van der Waals surface area contributed by atoms with Gasteiger partial charge in [0.05, 0.1) is 4.90 Å². The number of sulfonamides is 1. The van der Waals surface area contributed by atoms with Gasteiger partial charge in [-0.05, 0) is 42.3 Å². The summed E-state index contributed by atoms with van der Waals surface area (Å²) < 4.78 is 28.2. The first-order chi connectivity index (χ1) is 13.6. The van der Waals surface area contributed by atoms with E-state index in [9.17, 15) is 8.42 Å². The molecule has 0 aromatic heterocycles. The molecule has 1 aliphatic heterocycles. The Morgan fingerprint density at radius 1 is 0.821 bits per heavy atom. The minimum Gasteiger partial charge on any atom is -0.207 e. The van der Waals surface area contributed by atoms with Crippen molar-refractivity contribution < 1.29 is 8.42 Å². The second-order valence-corrected chi connectivity index (χ2v) is 9.72. The van der Waals surface area contributed by atoms with Gasteiger partial charge < -0.3 is 0 Å². The fourth-order valence-electron chi connectivity index (χ4n) is 3.50. The zero-order chi connectivity index (χ0) is 19.6. The smallest absolute Gasteiger partial charge is 0.207 e. The highest BCUT2D eigenvalue weighted by Gasteiger charge is 2.38. The monoisotopic (exact) mass is 407 g/mol. The molecular weight excluding hydrogens is 386 g/mol. The molecule has 0 saturated carbocycles. The van der Waals surface area contributed by atoms with Gasteiger partial charge in [0.2, 0.25) is 10.0 Å². The Morgan fingerprint density at radius 2 is 1.36 bits per heavy atom. The Hall–Kier alpha value is -2.34. The standard InChI is InChI=1S/C23H21NO2S2/c1-18-23(19-11-5-2-6-12-19)22(27-20-13-7-3-8-14-20)17-24(18)28(25,26)21-15-9-4-10-16-21/h2-16,18H,17H2,1H3/t18-/m0/s1. The van der Waals surface area contributed by atoms with Crippen LogP contribution in [-0.4, -0.2) is 25.3 Å². The summed E-state index contributed by atoms with van der Waals surface area (Å²) in [5.41, 5.74) is 2.15. The average Bonchev–Trinajstić information content (AvgIpc) is 3.06. The largest absolute Gasteiger partial charge is 0.243 e. The fraction of sp³-hybridized carbons (Fsp3) is 0.130. The Morgan fingerprint density at radius 3 is 1.96 bits per heavy atom. The third kappa shape index (κ3) is 3.65. The molecule has 0 spiro atoms. The van der Waals surface area contributed by atoms with Gasteiger partial charge in [-0.2, -0.15) is 4.31 Å². The minimum atomic E-state index is -3.58. The van der Waals surface area contributed by atoms with Crippen molar-refractivity contribution in [3.05, 3.63) is 101 Å². The van der Waals surface area contributed by atoms with Gasteiger partial charge in [0.15, 0.2) is 0 Å². The number of rotatable bonds is 5. The van der Waals surface area contributed by atoms with Gasteiger partial charge >= 0.3 is 0 Å². The van der Waals surface area contributed by atoms with Crippen LogP contribution in [0.25, 0.3) is 5.57 Å². The molecule has 0 radical (unpaired) electrons. The molecule has 0 bridgehead atoms. The molecule has 5 heteroatoms. The number of nitrogens with zero attached hydrogens (tertiary/aromatic N) is 1. The maximum atomic E-state index is 13.3. The maximum Gasteiger partial charge on any atom is 0.243 e. The SMILES string of the molecule is C[C@H]1C(c2ccccc2)=C(Sc2ccccc2)CN1S(=O)(=O)c1ccccc1. The predicted molar refractivity (Wildman–Crippen MR) is 115 cm³/mol. The Labute approximate surface area is 170 Å². The van der Waals surface area contributed by atoms with E-state index < -0.39 is 10.0 Å². The van der Waals surface area contributed by atoms with Crippen LogP contribution in [0.2, 0.25) is 0 Å². The van der Waals surface area contributed by atoms with Gasteiger partial charge in [0.1, 0.15) is 0 Å². The van der Waals surface area contributed by atoms with Gasteiger partial charge in [-0.25, -0.2) is 8.42 Å². The van der Waals surface area contributed by atoms with Crippen LogP contribution in [0.1, 0.15) is 12.5 Å². The van der Waals surface area contributed by atoms with Crippen LogP contribution in [0.15, 0.2) is 106 Å². The van der Waals surface area contributed by atoms with Crippen molar-refractivity contribution in [2.75, 3.05) is 6.54 Å². The van der Waals surface area contributed by atoms with E-state index in [4.69, 9.17) is 0 Å². The van der Waals surface area contributed by atoms with Crippen LogP contribution in [-0.2, 0) is 10.0 Å². The average molecular weight is 408 g/mol. The normalized spacial score (nSPS) is 17.8. The summed E-state index contributed by atoms with van der Waals surface area (Å²) in [7, 11) is -3.58. The van der Waals surface area contributed by atoms with E-state index in [0.717, 1.165) is 20.9 Å². The van der Waals surface area contributed by atoms with Crippen LogP contribution < -0.4 is 0 Å². The summed E-state index contributed by atoms with van der Waals surface area (Å²) in [4.78, 5) is 2.52. The minimum absolute atomic E-state index is 0.237. The molecule has 3 aromatic rings. The van der Waals surface area contributed by atoms with E-state index in [1.54, 1.807) is 40.3 Å². The summed E-state index contributed by atoms with van der Waals surface area (Å²) in [6.07, 6.45) is 0. The number of benzene rings is 3. The quantitative estimate of drug-likeness (QED) is 0.577. The predicted octanol–water partition coefficient (Wildman–Crippen LogP) is 5.28. The summed E-state index contributed by atoms with van der Waals surface area (Å²) >= 11 is 1.65. The molecule has 4 rings (SSSR count). The van der Waals surface area contributed by atoms with Gasteiger partial charge in [-0.3, -0.25) is 0 Å². The molecule has 1 atom stereocenters. The lowest BCUT2D eigenvalue weighted by Crippen LogP contribution is -2.35. The highest BCUT2D eigenvalue weighted by molar-refractivity contribution is 8.03. The third-order valence-electron chi connectivity index (χ3n) is 4.87. The summed E-state index contributed by atoms with van der Waals surface area (Å²) in [5.74, 6) is 0. The molecule has 0 saturated heterocycles. The first-order valence-electron chi connectivity index (χ1n) is 9.15. The lowest BCUT2D eigenvalue weighted by atomic mass is 10.0. The summed E-state index contributed by atoms with van der Waals surface area (Å²) in [6.45, 7) is 2.35. The van der Waals surface area contributed by atoms with E-state index in [1.807, 2.05) is 49.4 Å². The highest BCUT2D eigenvalue weighted by Crippen LogP contribution is 2.43. The lowest BCUT2D eigenvalue weighted by Gasteiger charge is -2.23. The van der Waals surface area contributed by atoms with E-state index in [1.165, 1.54) is 0 Å². The molecule has 0 N–H and O–H groups in total. The van der Waals surface area contributed by atoms with Crippen molar-refractivity contribution >= 4 is 27.4 Å². The zero-order valence-electron chi connectivity index (χ0n) is 15.5. The topological polar surface area (TPSA) is 37.4 Å². The van der Waals surface area contributed by atoms with E-state index in [0.29, 0.717) is 11.4 Å². The first-order valence-corrected chi connectivity index (χ1v) is 11.4. The second-order valence-electron chi connectivity index (χ2n) is 6.66. The first kappa shape index (κ1) is 19.0. The van der Waals surface area contributed by atoms with Crippen LogP contribution in [0.5, 0.6) is 0 Å². The second kappa shape index (κ2) is 7.95. The molecule has 0 unspecified atom stereocenters.